The van der Waals surface area contributed by atoms with Gasteiger partial charge in [0, 0.05) is 19.2 Å². The number of Topliss-reactive ketones (excluding diaryl/α,β-unsaturated/α-hetero) is 1. The van der Waals surface area contributed by atoms with Crippen LogP contribution in [0.25, 0.3) is 6.08 Å². The molecule has 1 atom stereocenters. The van der Waals surface area contributed by atoms with Crippen LogP contribution in [0.1, 0.15) is 35.7 Å². The van der Waals surface area contributed by atoms with Crippen LogP contribution in [0.4, 0.5) is 0 Å². The Balaban J connectivity index is 1.39. The number of hydrogen-bond donors (Lipinski definition) is 0. The molecule has 4 rings (SSSR count). The molecule has 0 spiro atoms. The number of carbonyl (C=O) groups excluding carboxylic acids is 3. The number of rotatable bonds is 8. The minimum absolute atomic E-state index is 0.170. The van der Waals surface area contributed by atoms with Crippen molar-refractivity contribution >= 4 is 23.7 Å². The number of carbonyl (C=O) groups is 3. The van der Waals surface area contributed by atoms with E-state index in [1.54, 1.807) is 61.4 Å². The van der Waals surface area contributed by atoms with Crippen LogP contribution in [-0.2, 0) is 14.3 Å². The summed E-state index contributed by atoms with van der Waals surface area (Å²) < 4.78 is 27.1. The molecule has 1 amide bonds. The molecule has 9 nitrogen and oxygen atoms in total. The van der Waals surface area contributed by atoms with Gasteiger partial charge < -0.3 is 28.6 Å². The minimum Gasteiger partial charge on any atom is -0.493 e. The number of piperidine rings is 1. The van der Waals surface area contributed by atoms with Gasteiger partial charge in [0.1, 0.15) is 11.5 Å². The summed E-state index contributed by atoms with van der Waals surface area (Å²) in [7, 11) is 3.09. The molecule has 0 radical (unpaired) electrons. The van der Waals surface area contributed by atoms with Crippen molar-refractivity contribution in [1.29, 1.82) is 0 Å². The normalized spacial score (nSPS) is 17.9. The molecule has 190 valence electrons. The Morgan fingerprint density at radius 3 is 2.67 bits per heavy atom. The van der Waals surface area contributed by atoms with Gasteiger partial charge >= 0.3 is 5.97 Å². The van der Waals surface area contributed by atoms with E-state index in [0.717, 1.165) is 6.42 Å². The molecule has 2 aromatic rings. The molecular weight excluding hydrogens is 466 g/mol. The first-order valence-electron chi connectivity index (χ1n) is 11.8. The fourth-order valence-electron chi connectivity index (χ4n) is 4.24. The number of ketones is 1. The highest BCUT2D eigenvalue weighted by Gasteiger charge is 2.30. The van der Waals surface area contributed by atoms with E-state index >= 15 is 0 Å². The van der Waals surface area contributed by atoms with Crippen LogP contribution in [-0.4, -0.2) is 63.1 Å². The van der Waals surface area contributed by atoms with Crippen LogP contribution >= 0.6 is 0 Å². The molecule has 2 heterocycles. The Bertz CT molecular complexity index is 1190. The van der Waals surface area contributed by atoms with Crippen LogP contribution in [0.3, 0.4) is 0 Å². The van der Waals surface area contributed by atoms with E-state index < -0.39 is 0 Å². The third-order valence-electron chi connectivity index (χ3n) is 6.10. The van der Waals surface area contributed by atoms with Crippen LogP contribution in [0.5, 0.6) is 23.0 Å². The lowest BCUT2D eigenvalue weighted by Crippen LogP contribution is -2.44. The lowest BCUT2D eigenvalue weighted by atomic mass is 9.98. The highest BCUT2D eigenvalue weighted by atomic mass is 16.5. The van der Waals surface area contributed by atoms with Crippen molar-refractivity contribution in [2.24, 2.45) is 5.92 Å². The quantitative estimate of drug-likeness (QED) is 0.405. The highest BCUT2D eigenvalue weighted by molar-refractivity contribution is 6.14. The first-order valence-corrected chi connectivity index (χ1v) is 11.8. The molecule has 0 N–H and O–H groups in total. The van der Waals surface area contributed by atoms with Crippen LogP contribution in [0.2, 0.25) is 0 Å². The molecule has 1 unspecified atom stereocenters. The summed E-state index contributed by atoms with van der Waals surface area (Å²) in [5.74, 6) is 1.01. The molecule has 2 aliphatic heterocycles. The summed E-state index contributed by atoms with van der Waals surface area (Å²) in [6.07, 6.45) is 3.07. The molecule has 1 saturated heterocycles. The zero-order chi connectivity index (χ0) is 25.7. The van der Waals surface area contributed by atoms with Crippen molar-refractivity contribution < 1.29 is 38.1 Å². The van der Waals surface area contributed by atoms with Gasteiger partial charge in [0.25, 0.3) is 5.91 Å². The monoisotopic (exact) mass is 495 g/mol. The van der Waals surface area contributed by atoms with Gasteiger partial charge in [0.2, 0.25) is 5.78 Å². The maximum absolute atomic E-state index is 12.8. The highest BCUT2D eigenvalue weighted by Crippen LogP contribution is 2.36. The number of likely N-dealkylation sites (tertiary alicyclic amines) is 1. The second-order valence-electron chi connectivity index (χ2n) is 8.43. The van der Waals surface area contributed by atoms with Crippen molar-refractivity contribution in [1.82, 2.24) is 4.90 Å². The van der Waals surface area contributed by atoms with Crippen molar-refractivity contribution in [3.63, 3.8) is 0 Å². The topological polar surface area (TPSA) is 101 Å². The second kappa shape index (κ2) is 11.2. The predicted octanol–water partition coefficient (Wildman–Crippen LogP) is 3.50. The number of nitrogens with zero attached hydrogens (tertiary/aromatic N) is 1. The van der Waals surface area contributed by atoms with Crippen LogP contribution in [0.15, 0.2) is 42.2 Å². The van der Waals surface area contributed by atoms with Gasteiger partial charge in [-0.05, 0) is 55.7 Å². The SMILES string of the molecule is CCOC(=O)C1CCCN(C(=O)COc2ccc3c(c2)O/C(=C\c2ccc(OC)c(OC)c2)C3=O)C1. The summed E-state index contributed by atoms with van der Waals surface area (Å²) in [6.45, 7) is 2.80. The molecular formula is C27H29NO8. The average molecular weight is 496 g/mol. The Kier molecular flexibility index (Phi) is 7.77. The largest absolute Gasteiger partial charge is 0.493 e. The number of allylic oxidation sites excluding steroid dienone is 1. The molecule has 2 aliphatic rings. The number of fused-ring (bicyclic) bond motifs is 1. The van der Waals surface area contributed by atoms with Gasteiger partial charge in [-0.15, -0.1) is 0 Å². The maximum Gasteiger partial charge on any atom is 0.310 e. The number of methoxy groups -OCH3 is 2. The lowest BCUT2D eigenvalue weighted by Gasteiger charge is -2.31. The molecule has 36 heavy (non-hydrogen) atoms. The summed E-state index contributed by atoms with van der Waals surface area (Å²) in [4.78, 5) is 39.1. The summed E-state index contributed by atoms with van der Waals surface area (Å²) >= 11 is 0. The fourth-order valence-corrected chi connectivity index (χ4v) is 4.24. The molecule has 0 bridgehead atoms. The van der Waals surface area contributed by atoms with Gasteiger partial charge in [-0.2, -0.15) is 0 Å². The van der Waals surface area contributed by atoms with E-state index in [9.17, 15) is 14.4 Å². The van der Waals surface area contributed by atoms with Crippen LogP contribution in [0, 0.1) is 5.92 Å². The van der Waals surface area contributed by atoms with E-state index in [1.165, 1.54) is 7.11 Å². The van der Waals surface area contributed by atoms with E-state index in [4.69, 9.17) is 23.7 Å². The first kappa shape index (κ1) is 25.1. The Labute approximate surface area is 209 Å². The van der Waals surface area contributed by atoms with Gasteiger partial charge in [-0.25, -0.2) is 0 Å². The summed E-state index contributed by atoms with van der Waals surface area (Å²) in [6, 6.07) is 10.1. The van der Waals surface area contributed by atoms with Crippen molar-refractivity contribution in [3.8, 4) is 23.0 Å². The standard InChI is InChI=1S/C27H29NO8/c1-4-34-27(31)18-6-5-11-28(15-18)25(29)16-35-19-8-9-20-22(14-19)36-24(26(20)30)13-17-7-10-21(32-2)23(12-17)33-3/h7-10,12-14,18H,4-6,11,15-16H2,1-3H3/b24-13-. The number of esters is 1. The van der Waals surface area contributed by atoms with Crippen molar-refractivity contribution in [2.45, 2.75) is 19.8 Å². The minimum atomic E-state index is -0.307. The Hall–Kier alpha value is -4.01. The Morgan fingerprint density at radius 1 is 1.11 bits per heavy atom. The molecule has 0 saturated carbocycles. The molecule has 1 fully saturated rings. The summed E-state index contributed by atoms with van der Waals surface area (Å²) in [5.41, 5.74) is 1.13. The van der Waals surface area contributed by atoms with Crippen LogP contribution < -0.4 is 18.9 Å². The number of benzene rings is 2. The smallest absolute Gasteiger partial charge is 0.310 e. The van der Waals surface area contributed by atoms with E-state index in [2.05, 4.69) is 0 Å². The molecule has 0 aliphatic carbocycles. The van der Waals surface area contributed by atoms with Gasteiger partial charge in [-0.1, -0.05) is 6.07 Å². The van der Waals surface area contributed by atoms with Gasteiger partial charge in [0.05, 0.1) is 32.3 Å². The summed E-state index contributed by atoms with van der Waals surface area (Å²) in [5, 5.41) is 0. The zero-order valence-electron chi connectivity index (χ0n) is 20.6. The number of hydrogen-bond acceptors (Lipinski definition) is 8. The third kappa shape index (κ3) is 5.45. The average Bonchev–Trinajstić information content (AvgIpc) is 3.21. The van der Waals surface area contributed by atoms with Gasteiger partial charge in [-0.3, -0.25) is 14.4 Å². The zero-order valence-corrected chi connectivity index (χ0v) is 20.6. The second-order valence-corrected chi connectivity index (χ2v) is 8.43. The number of ether oxygens (including phenoxy) is 5. The number of amides is 1. The molecule has 0 aromatic heterocycles. The first-order chi connectivity index (χ1) is 17.4. The fraction of sp³-hybridized carbons (Fsp3) is 0.370. The van der Waals surface area contributed by atoms with E-state index in [1.807, 2.05) is 0 Å². The maximum atomic E-state index is 12.8. The van der Waals surface area contributed by atoms with E-state index in [0.29, 0.717) is 60.2 Å². The Morgan fingerprint density at radius 2 is 1.92 bits per heavy atom. The third-order valence-corrected chi connectivity index (χ3v) is 6.10. The molecule has 2 aromatic carbocycles. The molecule has 9 heteroatoms. The predicted molar refractivity (Wildman–Crippen MR) is 130 cm³/mol. The van der Waals surface area contributed by atoms with Gasteiger partial charge in [0.15, 0.2) is 23.9 Å². The van der Waals surface area contributed by atoms with Crippen molar-refractivity contribution in [2.75, 3.05) is 40.5 Å². The van der Waals surface area contributed by atoms with E-state index in [-0.39, 0.29) is 35.9 Å². The lowest BCUT2D eigenvalue weighted by molar-refractivity contribution is -0.151. The van der Waals surface area contributed by atoms with Crippen molar-refractivity contribution in [3.05, 3.63) is 53.3 Å².